The number of aromatic hydroxyl groups is 1. The third-order valence-electron chi connectivity index (χ3n) is 4.92. The molecule has 2 heterocycles. The van der Waals surface area contributed by atoms with E-state index >= 15 is 0 Å². The van der Waals surface area contributed by atoms with E-state index in [4.69, 9.17) is 4.74 Å². The quantitative estimate of drug-likeness (QED) is 0.660. The van der Waals surface area contributed by atoms with Crippen LogP contribution in [0.1, 0.15) is 12.0 Å². The van der Waals surface area contributed by atoms with Gasteiger partial charge in [-0.3, -0.25) is 0 Å². The van der Waals surface area contributed by atoms with Crippen LogP contribution in [0.25, 0.3) is 11.1 Å². The van der Waals surface area contributed by atoms with E-state index in [1.807, 2.05) is 47.4 Å². The van der Waals surface area contributed by atoms with Gasteiger partial charge in [0.05, 0.1) is 12.2 Å². The maximum absolute atomic E-state index is 13.1. The van der Waals surface area contributed by atoms with E-state index in [-0.39, 0.29) is 5.75 Å². The highest BCUT2D eigenvalue weighted by Crippen LogP contribution is 2.37. The summed E-state index contributed by atoms with van der Waals surface area (Å²) in [5.74, 6) is -0.281. The molecule has 0 radical (unpaired) electrons. The van der Waals surface area contributed by atoms with Gasteiger partial charge < -0.3 is 14.7 Å². The van der Waals surface area contributed by atoms with Gasteiger partial charge >= 0.3 is 6.18 Å². The van der Waals surface area contributed by atoms with Crippen molar-refractivity contribution >= 4 is 5.69 Å². The van der Waals surface area contributed by atoms with Crippen LogP contribution in [0.4, 0.5) is 18.9 Å². The zero-order valence-electron chi connectivity index (χ0n) is 15.4. The maximum Gasteiger partial charge on any atom is 0.421 e. The first kappa shape index (κ1) is 19.1. The Morgan fingerprint density at radius 3 is 2.52 bits per heavy atom. The number of ether oxygens (including phenoxy) is 1. The highest BCUT2D eigenvalue weighted by Gasteiger charge is 2.36. The fraction of sp³-hybridized carbons (Fsp3) is 0.227. The second-order valence-corrected chi connectivity index (χ2v) is 6.90. The number of pyridine rings is 1. The molecule has 1 atom stereocenters. The standard InChI is InChI=1S/C22H19F3N2O2/c23-22(24,25)18-7-4-11-26-21(18)29-17-10-12-27(14-17)19-9-8-16(13-20(19)28)15-5-2-1-3-6-15/h1-9,11,13,17,28H,10,12,14H2. The summed E-state index contributed by atoms with van der Waals surface area (Å²) in [7, 11) is 0. The largest absolute Gasteiger partial charge is 0.506 e. The first-order valence-corrected chi connectivity index (χ1v) is 9.24. The summed E-state index contributed by atoms with van der Waals surface area (Å²) in [5.41, 5.74) is 1.63. The third-order valence-corrected chi connectivity index (χ3v) is 4.92. The van der Waals surface area contributed by atoms with Crippen molar-refractivity contribution in [1.29, 1.82) is 0 Å². The molecular formula is C22H19F3N2O2. The SMILES string of the molecule is Oc1cc(-c2ccccc2)ccc1N1CCC(Oc2ncccc2C(F)(F)F)C1. The van der Waals surface area contributed by atoms with Gasteiger partial charge in [-0.25, -0.2) is 4.98 Å². The number of phenolic OH excluding ortho intramolecular Hbond substituents is 1. The van der Waals surface area contributed by atoms with Gasteiger partial charge in [-0.15, -0.1) is 0 Å². The highest BCUT2D eigenvalue weighted by molar-refractivity contribution is 5.71. The lowest BCUT2D eigenvalue weighted by Crippen LogP contribution is -2.25. The number of rotatable bonds is 4. The summed E-state index contributed by atoms with van der Waals surface area (Å²) in [6.45, 7) is 0.934. The maximum atomic E-state index is 13.1. The van der Waals surface area contributed by atoms with Crippen LogP contribution in [-0.4, -0.2) is 29.3 Å². The molecule has 1 unspecified atom stereocenters. The van der Waals surface area contributed by atoms with Crippen molar-refractivity contribution in [3.63, 3.8) is 0 Å². The van der Waals surface area contributed by atoms with Crippen LogP contribution in [0.15, 0.2) is 66.9 Å². The highest BCUT2D eigenvalue weighted by atomic mass is 19.4. The average molecular weight is 400 g/mol. The van der Waals surface area contributed by atoms with E-state index in [1.165, 1.54) is 12.3 Å². The van der Waals surface area contributed by atoms with Crippen LogP contribution in [0.5, 0.6) is 11.6 Å². The Morgan fingerprint density at radius 1 is 1.00 bits per heavy atom. The minimum absolute atomic E-state index is 0.126. The Kier molecular flexibility index (Phi) is 5.05. The predicted molar refractivity (Wildman–Crippen MR) is 104 cm³/mol. The molecule has 0 amide bonds. The lowest BCUT2D eigenvalue weighted by molar-refractivity contribution is -0.139. The number of alkyl halides is 3. The summed E-state index contributed by atoms with van der Waals surface area (Å²) < 4.78 is 45.0. The first-order valence-electron chi connectivity index (χ1n) is 9.24. The minimum atomic E-state index is -4.52. The molecule has 1 N–H and O–H groups in total. The summed E-state index contributed by atoms with van der Waals surface area (Å²) in [6.07, 6.45) is -3.15. The smallest absolute Gasteiger partial charge is 0.421 e. The molecule has 0 saturated carbocycles. The fourth-order valence-electron chi connectivity index (χ4n) is 3.50. The van der Waals surface area contributed by atoms with E-state index in [0.717, 1.165) is 17.2 Å². The molecule has 3 aromatic rings. The van der Waals surface area contributed by atoms with E-state index in [2.05, 4.69) is 4.98 Å². The topological polar surface area (TPSA) is 45.6 Å². The van der Waals surface area contributed by atoms with Crippen molar-refractivity contribution < 1.29 is 23.0 Å². The zero-order valence-corrected chi connectivity index (χ0v) is 15.4. The summed E-state index contributed by atoms with van der Waals surface area (Å²) in [6, 6.07) is 17.3. The number of hydrogen-bond donors (Lipinski definition) is 1. The minimum Gasteiger partial charge on any atom is -0.506 e. The molecule has 0 bridgehead atoms. The molecule has 4 rings (SSSR count). The van der Waals surface area contributed by atoms with Crippen LogP contribution in [0.2, 0.25) is 0 Å². The van der Waals surface area contributed by atoms with Crippen molar-refractivity contribution in [2.45, 2.75) is 18.7 Å². The molecule has 1 saturated heterocycles. The lowest BCUT2D eigenvalue weighted by Gasteiger charge is -2.21. The zero-order chi connectivity index (χ0) is 20.4. The van der Waals surface area contributed by atoms with Crippen molar-refractivity contribution in [1.82, 2.24) is 4.98 Å². The molecule has 4 nitrogen and oxygen atoms in total. The van der Waals surface area contributed by atoms with Crippen LogP contribution in [0.3, 0.4) is 0 Å². The Morgan fingerprint density at radius 2 is 1.79 bits per heavy atom. The van der Waals surface area contributed by atoms with Gasteiger partial charge in [0.25, 0.3) is 0 Å². The number of hydrogen-bond acceptors (Lipinski definition) is 4. The van der Waals surface area contributed by atoms with Gasteiger partial charge in [0.2, 0.25) is 5.88 Å². The number of nitrogens with zero attached hydrogens (tertiary/aromatic N) is 2. The molecule has 1 aliphatic heterocycles. The van der Waals surface area contributed by atoms with E-state index in [0.29, 0.717) is 25.2 Å². The van der Waals surface area contributed by atoms with Crippen molar-refractivity contribution in [2.75, 3.05) is 18.0 Å². The fourth-order valence-corrected chi connectivity index (χ4v) is 3.50. The van der Waals surface area contributed by atoms with Crippen molar-refractivity contribution in [3.05, 3.63) is 72.4 Å². The van der Waals surface area contributed by atoms with Gasteiger partial charge in [0.15, 0.2) is 0 Å². The molecule has 0 aliphatic carbocycles. The molecule has 0 spiro atoms. The number of anilines is 1. The second kappa shape index (κ2) is 7.66. The Labute approximate surface area is 166 Å². The van der Waals surface area contributed by atoms with Gasteiger partial charge in [-0.2, -0.15) is 13.2 Å². The number of halogens is 3. The van der Waals surface area contributed by atoms with Crippen molar-refractivity contribution in [3.8, 4) is 22.8 Å². The second-order valence-electron chi connectivity index (χ2n) is 6.90. The van der Waals surface area contributed by atoms with Crippen LogP contribution < -0.4 is 9.64 Å². The van der Waals surface area contributed by atoms with Crippen LogP contribution >= 0.6 is 0 Å². The molecule has 1 fully saturated rings. The molecule has 29 heavy (non-hydrogen) atoms. The molecule has 1 aromatic heterocycles. The summed E-state index contributed by atoms with van der Waals surface area (Å²) in [5, 5.41) is 10.5. The Bertz CT molecular complexity index is 993. The molecular weight excluding hydrogens is 381 g/mol. The van der Waals surface area contributed by atoms with Gasteiger partial charge in [-0.05, 0) is 35.4 Å². The number of phenols is 1. The Hall–Kier alpha value is -3.22. The molecule has 150 valence electrons. The van der Waals surface area contributed by atoms with Gasteiger partial charge in [0, 0.05) is 19.2 Å². The van der Waals surface area contributed by atoms with Crippen molar-refractivity contribution in [2.24, 2.45) is 0 Å². The lowest BCUT2D eigenvalue weighted by atomic mass is 10.0. The molecule has 2 aromatic carbocycles. The molecule has 1 aliphatic rings. The summed E-state index contributed by atoms with van der Waals surface area (Å²) >= 11 is 0. The van der Waals surface area contributed by atoms with Crippen LogP contribution in [0, 0.1) is 0 Å². The van der Waals surface area contributed by atoms with Gasteiger partial charge in [0.1, 0.15) is 17.4 Å². The molecule has 7 heteroatoms. The Balaban J connectivity index is 1.48. The monoisotopic (exact) mass is 400 g/mol. The third kappa shape index (κ3) is 4.13. The van der Waals surface area contributed by atoms with Crippen LogP contribution in [-0.2, 0) is 6.18 Å². The summed E-state index contributed by atoms with van der Waals surface area (Å²) in [4.78, 5) is 5.67. The normalized spacial score (nSPS) is 16.8. The van der Waals surface area contributed by atoms with E-state index in [9.17, 15) is 18.3 Å². The number of aromatic nitrogens is 1. The average Bonchev–Trinajstić information content (AvgIpc) is 3.16. The van der Waals surface area contributed by atoms with Gasteiger partial charge in [-0.1, -0.05) is 36.4 Å². The first-order chi connectivity index (χ1) is 13.9. The van der Waals surface area contributed by atoms with E-state index in [1.54, 1.807) is 6.07 Å². The number of benzene rings is 2. The predicted octanol–water partition coefficient (Wildman–Crippen LogP) is 5.13. The van der Waals surface area contributed by atoms with E-state index < -0.39 is 23.7 Å².